The molecule has 34 heavy (non-hydrogen) atoms. The van der Waals surface area contributed by atoms with Crippen LogP contribution in [-0.4, -0.2) is 35.5 Å². The monoisotopic (exact) mass is 503 g/mol. The number of hydrogen-bond donors (Lipinski definition) is 2. The van der Waals surface area contributed by atoms with Crippen LogP contribution in [0.25, 0.3) is 0 Å². The Morgan fingerprint density at radius 1 is 1.00 bits per heavy atom. The third-order valence-electron chi connectivity index (χ3n) is 4.25. The molecule has 3 rings (SSSR count). The van der Waals surface area contributed by atoms with Crippen molar-refractivity contribution in [3.63, 3.8) is 0 Å². The summed E-state index contributed by atoms with van der Waals surface area (Å²) in [7, 11) is -6.56. The lowest BCUT2D eigenvalue weighted by atomic mass is 10.1. The number of carbonyl (C=O) groups is 1. The van der Waals surface area contributed by atoms with Gasteiger partial charge in [0, 0.05) is 5.69 Å². The highest BCUT2D eigenvalue weighted by molar-refractivity contribution is 7.89. The molecule has 0 amide bonds. The number of nitrogen functional groups attached to an aromatic ring is 1. The summed E-state index contributed by atoms with van der Waals surface area (Å²) < 4.78 is 57.2. The minimum atomic E-state index is -3.94. The van der Waals surface area contributed by atoms with Crippen LogP contribution in [-0.2, 0) is 36.5 Å². The highest BCUT2D eigenvalue weighted by atomic mass is 32.2. The van der Waals surface area contributed by atoms with Gasteiger partial charge in [0.1, 0.15) is 6.04 Å². The third kappa shape index (κ3) is 9.14. The molecule has 180 valence electrons. The number of benzene rings is 3. The van der Waals surface area contributed by atoms with Crippen LogP contribution < -0.4 is 10.5 Å². The maximum atomic E-state index is 12.5. The molecule has 1 unspecified atom stereocenters. The zero-order valence-corrected chi connectivity index (χ0v) is 20.0. The average Bonchev–Trinajstić information content (AvgIpc) is 2.80. The number of ether oxygens (including phenoxy) is 1. The van der Waals surface area contributed by atoms with Gasteiger partial charge in [0.2, 0.25) is 10.0 Å². The average molecular weight is 504 g/mol. The Bertz CT molecular complexity index is 1310. The Hall–Kier alpha value is -3.54. The fourth-order valence-electron chi connectivity index (χ4n) is 2.79. The number of rotatable bonds is 8. The first-order valence-corrected chi connectivity index (χ1v) is 12.7. The Labute approximate surface area is 200 Å². The van der Waals surface area contributed by atoms with E-state index in [1.165, 1.54) is 24.3 Å². The van der Waals surface area contributed by atoms with E-state index < -0.39 is 32.5 Å². The summed E-state index contributed by atoms with van der Waals surface area (Å²) in [6.45, 7) is 1.71. The molecule has 0 aromatic heterocycles. The molecule has 3 N–H and O–H groups in total. The molecule has 9 nitrogen and oxygen atoms in total. The molecule has 0 bridgehead atoms. The molecule has 0 saturated carbocycles. The van der Waals surface area contributed by atoms with E-state index in [2.05, 4.69) is 9.08 Å². The number of hydrogen-bond acceptors (Lipinski definition) is 8. The number of sulfonamides is 1. The molecule has 11 heteroatoms. The zero-order chi connectivity index (χ0) is 25.0. The summed E-state index contributed by atoms with van der Waals surface area (Å²) in [4.78, 5) is 12.3. The zero-order valence-electron chi connectivity index (χ0n) is 18.4. The van der Waals surface area contributed by atoms with Crippen molar-refractivity contribution in [3.8, 4) is 0 Å². The fraction of sp³-hybridized carbons (Fsp3) is 0.174. The van der Waals surface area contributed by atoms with Crippen LogP contribution in [0.1, 0.15) is 12.5 Å². The van der Waals surface area contributed by atoms with Gasteiger partial charge in [0.15, 0.2) is 0 Å². The summed E-state index contributed by atoms with van der Waals surface area (Å²) >= 11 is 0. The Morgan fingerprint density at radius 2 is 1.62 bits per heavy atom. The van der Waals surface area contributed by atoms with Gasteiger partial charge in [-0.15, -0.1) is 4.36 Å². The van der Waals surface area contributed by atoms with E-state index in [1.807, 2.05) is 30.3 Å². The molecule has 0 aliphatic rings. The molecule has 0 heterocycles. The smallest absolute Gasteiger partial charge is 0.324 e. The van der Waals surface area contributed by atoms with E-state index >= 15 is 0 Å². The second kappa shape index (κ2) is 13.2. The molecule has 0 radical (unpaired) electrons. The molecular weight excluding hydrogens is 478 g/mol. The van der Waals surface area contributed by atoms with Crippen molar-refractivity contribution in [1.29, 1.82) is 0 Å². The molecule has 1 atom stereocenters. The predicted molar refractivity (Wildman–Crippen MR) is 129 cm³/mol. The van der Waals surface area contributed by atoms with Gasteiger partial charge in [0.25, 0.3) is 0 Å². The van der Waals surface area contributed by atoms with Crippen molar-refractivity contribution in [2.75, 3.05) is 12.3 Å². The maximum Gasteiger partial charge on any atom is 0.324 e. The van der Waals surface area contributed by atoms with Crippen LogP contribution in [0.4, 0.5) is 11.4 Å². The largest absolute Gasteiger partial charge is 0.465 e. The van der Waals surface area contributed by atoms with Crippen molar-refractivity contribution in [1.82, 2.24) is 4.72 Å². The highest BCUT2D eigenvalue weighted by Gasteiger charge is 2.27. The van der Waals surface area contributed by atoms with Gasteiger partial charge in [-0.2, -0.15) is 13.1 Å². The van der Waals surface area contributed by atoms with Crippen LogP contribution in [0, 0.1) is 0 Å². The van der Waals surface area contributed by atoms with E-state index in [4.69, 9.17) is 10.5 Å². The van der Waals surface area contributed by atoms with Crippen molar-refractivity contribution >= 4 is 37.9 Å². The number of nitrogens with one attached hydrogen (secondary N) is 1. The Balaban J connectivity index is 0.000000497. The summed E-state index contributed by atoms with van der Waals surface area (Å²) in [5, 5.41) is 0. The first kappa shape index (κ1) is 26.7. The first-order valence-electron chi connectivity index (χ1n) is 10.2. The number of anilines is 1. The Morgan fingerprint density at radius 3 is 2.15 bits per heavy atom. The van der Waals surface area contributed by atoms with Crippen LogP contribution in [0.5, 0.6) is 0 Å². The van der Waals surface area contributed by atoms with Gasteiger partial charge in [-0.25, -0.2) is 8.42 Å². The second-order valence-corrected chi connectivity index (χ2v) is 9.16. The van der Waals surface area contributed by atoms with Gasteiger partial charge in [-0.1, -0.05) is 48.5 Å². The topological polar surface area (TPSA) is 145 Å². The highest BCUT2D eigenvalue weighted by Crippen LogP contribution is 2.17. The lowest BCUT2D eigenvalue weighted by molar-refractivity contribution is -0.145. The van der Waals surface area contributed by atoms with E-state index in [9.17, 15) is 21.6 Å². The van der Waals surface area contributed by atoms with E-state index in [0.717, 1.165) is 5.69 Å². The molecule has 3 aromatic carbocycles. The van der Waals surface area contributed by atoms with E-state index in [0.29, 0.717) is 5.56 Å². The standard InChI is InChI=1S/C17H18N2O6S2.C6H7N/c1-2-25-17(20)16(19-27(23,24)15-9-4-3-5-10-15)12-13-7-6-8-14(11-13)18-26(21)22;7-6-4-2-1-3-5-6/h3-11,16,19H,2,12H2,1H3;1-5H,7H2. The minimum absolute atomic E-state index is 0.0183. The normalized spacial score (nSPS) is 11.4. The molecule has 0 saturated heterocycles. The van der Waals surface area contributed by atoms with Gasteiger partial charge < -0.3 is 10.5 Å². The number of nitrogens with zero attached hydrogens (tertiary/aromatic N) is 1. The first-order chi connectivity index (χ1) is 16.2. The van der Waals surface area contributed by atoms with Crippen molar-refractivity contribution in [2.24, 2.45) is 4.36 Å². The van der Waals surface area contributed by atoms with E-state index in [-0.39, 0.29) is 23.6 Å². The summed E-state index contributed by atoms with van der Waals surface area (Å²) in [6.07, 6.45) is -0.0280. The van der Waals surface area contributed by atoms with Crippen LogP contribution in [0.2, 0.25) is 0 Å². The summed E-state index contributed by atoms with van der Waals surface area (Å²) in [5.41, 5.74) is 6.88. The maximum absolute atomic E-state index is 12.5. The fourth-order valence-corrected chi connectivity index (χ4v) is 4.28. The van der Waals surface area contributed by atoms with Gasteiger partial charge in [-0.05, 0) is 55.3 Å². The molecule has 0 aliphatic heterocycles. The third-order valence-corrected chi connectivity index (χ3v) is 6.10. The minimum Gasteiger partial charge on any atom is -0.465 e. The SMILES string of the molecule is CCOC(=O)C(Cc1cccc(N=S(=O)=O)c1)NS(=O)(=O)c1ccccc1.Nc1ccccc1. The second-order valence-electron chi connectivity index (χ2n) is 6.83. The van der Waals surface area contributed by atoms with Gasteiger partial charge in [0.05, 0.1) is 17.2 Å². The summed E-state index contributed by atoms with van der Waals surface area (Å²) in [6, 6.07) is 22.1. The van der Waals surface area contributed by atoms with Gasteiger partial charge in [-0.3, -0.25) is 4.79 Å². The molecule has 3 aromatic rings. The van der Waals surface area contributed by atoms with Gasteiger partial charge >= 0.3 is 16.5 Å². The van der Waals surface area contributed by atoms with Crippen LogP contribution in [0.15, 0.2) is 94.2 Å². The lowest BCUT2D eigenvalue weighted by Gasteiger charge is -2.17. The molecular formula is C23H25N3O6S2. The number of esters is 1. The summed E-state index contributed by atoms with van der Waals surface area (Å²) in [5.74, 6) is -0.730. The number of carbonyl (C=O) groups excluding carboxylic acids is 1. The lowest BCUT2D eigenvalue weighted by Crippen LogP contribution is -2.43. The quantitative estimate of drug-likeness (QED) is 0.355. The van der Waals surface area contributed by atoms with Crippen LogP contribution in [0.3, 0.4) is 0 Å². The van der Waals surface area contributed by atoms with Crippen molar-refractivity contribution < 1.29 is 26.4 Å². The Kier molecular flexibility index (Phi) is 10.4. The van der Waals surface area contributed by atoms with Crippen LogP contribution >= 0.6 is 0 Å². The molecule has 0 fully saturated rings. The van der Waals surface area contributed by atoms with Crippen molar-refractivity contribution in [3.05, 3.63) is 90.5 Å². The number of para-hydroxylation sites is 1. The predicted octanol–water partition coefficient (Wildman–Crippen LogP) is 3.10. The molecule has 0 aliphatic carbocycles. The molecule has 0 spiro atoms. The van der Waals surface area contributed by atoms with Crippen molar-refractivity contribution in [2.45, 2.75) is 24.3 Å². The number of nitrogens with two attached hydrogens (primary N) is 1. The van der Waals surface area contributed by atoms with E-state index in [1.54, 1.807) is 37.3 Å².